The van der Waals surface area contributed by atoms with E-state index in [1.54, 1.807) is 24.3 Å². The smallest absolute Gasteiger partial charge is 0.346 e. The number of nitro groups is 1. The number of hydrogen-bond acceptors (Lipinski definition) is 7. The summed E-state index contributed by atoms with van der Waals surface area (Å²) in [6, 6.07) is 14.9. The summed E-state index contributed by atoms with van der Waals surface area (Å²) in [6.45, 7) is 1.11. The average Bonchev–Trinajstić information content (AvgIpc) is 2.77. The highest BCUT2D eigenvalue weighted by atomic mass is 79.9. The lowest BCUT2D eigenvalue weighted by Gasteiger charge is -2.29. The van der Waals surface area contributed by atoms with Gasteiger partial charge in [-0.3, -0.25) is 25.8 Å². The first-order chi connectivity index (χ1) is 14.5. The summed E-state index contributed by atoms with van der Waals surface area (Å²) < 4.78 is 0.606. The van der Waals surface area contributed by atoms with Crippen LogP contribution < -0.4 is 15.8 Å². The largest absolute Gasteiger partial charge is 0.355 e. The molecule has 2 heterocycles. The van der Waals surface area contributed by atoms with Gasteiger partial charge in [0.15, 0.2) is 0 Å². The molecule has 0 unspecified atom stereocenters. The number of fused-ring (bicyclic) bond motifs is 1. The molecule has 3 aromatic rings. The lowest BCUT2D eigenvalue weighted by atomic mass is 10.00. The van der Waals surface area contributed by atoms with Crippen LogP contribution in [0.5, 0.6) is 0 Å². The number of rotatable bonds is 5. The van der Waals surface area contributed by atoms with Crippen LogP contribution >= 0.6 is 15.9 Å². The summed E-state index contributed by atoms with van der Waals surface area (Å²) in [7, 11) is 0. The molecule has 0 bridgehead atoms. The minimum Gasteiger partial charge on any atom is -0.346 e. The average molecular weight is 469 g/mol. The number of amides is 1. The topological polar surface area (TPSA) is 113 Å². The number of carbonyl (C=O) groups excluding carboxylic acids is 1. The molecule has 152 valence electrons. The molecule has 2 N–H and O–H groups in total. The van der Waals surface area contributed by atoms with Crippen molar-refractivity contribution in [3.63, 3.8) is 0 Å². The molecule has 0 radical (unpaired) electrons. The Balaban J connectivity index is 1.59. The molecule has 0 aliphatic carbocycles. The molecular weight excluding hydrogens is 452 g/mol. The maximum Gasteiger partial charge on any atom is 0.355 e. The van der Waals surface area contributed by atoms with Crippen molar-refractivity contribution < 1.29 is 9.72 Å². The van der Waals surface area contributed by atoms with Crippen LogP contribution in [0.2, 0.25) is 0 Å². The zero-order chi connectivity index (χ0) is 21.1. The van der Waals surface area contributed by atoms with E-state index in [-0.39, 0.29) is 17.3 Å². The van der Waals surface area contributed by atoms with Crippen molar-refractivity contribution >= 4 is 39.2 Å². The number of nitrogens with one attached hydrogen (secondary N) is 2. The molecular formula is C20H17BrN6O3. The van der Waals surface area contributed by atoms with Crippen molar-refractivity contribution in [2.45, 2.75) is 13.0 Å². The van der Waals surface area contributed by atoms with Crippen LogP contribution in [0.15, 0.2) is 59.3 Å². The third kappa shape index (κ3) is 3.94. The van der Waals surface area contributed by atoms with Crippen LogP contribution in [0, 0.1) is 10.1 Å². The molecule has 1 aliphatic heterocycles. The number of nitrogens with zero attached hydrogens (tertiary/aromatic N) is 4. The molecule has 0 saturated heterocycles. The Morgan fingerprint density at radius 1 is 1.10 bits per heavy atom. The van der Waals surface area contributed by atoms with Crippen LogP contribution in [0.3, 0.4) is 0 Å². The first kappa shape index (κ1) is 19.8. The second-order valence-corrected chi connectivity index (χ2v) is 7.51. The highest BCUT2D eigenvalue weighted by molar-refractivity contribution is 9.10. The summed E-state index contributed by atoms with van der Waals surface area (Å²) >= 11 is 3.31. The molecule has 10 heteroatoms. The van der Waals surface area contributed by atoms with Gasteiger partial charge in [0.1, 0.15) is 6.33 Å². The molecule has 0 spiro atoms. The maximum atomic E-state index is 12.4. The first-order valence-corrected chi connectivity index (χ1v) is 9.96. The van der Waals surface area contributed by atoms with E-state index in [1.807, 2.05) is 23.1 Å². The number of hydrogen-bond donors (Lipinski definition) is 2. The van der Waals surface area contributed by atoms with E-state index < -0.39 is 10.8 Å². The second kappa shape index (κ2) is 8.46. The van der Waals surface area contributed by atoms with E-state index >= 15 is 0 Å². The Labute approximate surface area is 180 Å². The van der Waals surface area contributed by atoms with Gasteiger partial charge in [-0.1, -0.05) is 36.4 Å². The zero-order valence-electron chi connectivity index (χ0n) is 15.7. The normalized spacial score (nSPS) is 12.8. The van der Waals surface area contributed by atoms with E-state index in [9.17, 15) is 14.9 Å². The van der Waals surface area contributed by atoms with Gasteiger partial charge in [-0.2, -0.15) is 0 Å². The predicted octanol–water partition coefficient (Wildman–Crippen LogP) is 3.47. The van der Waals surface area contributed by atoms with E-state index in [4.69, 9.17) is 0 Å². The zero-order valence-corrected chi connectivity index (χ0v) is 17.3. The van der Waals surface area contributed by atoms with Crippen molar-refractivity contribution in [1.29, 1.82) is 0 Å². The van der Waals surface area contributed by atoms with Gasteiger partial charge in [-0.25, -0.2) is 9.97 Å². The molecule has 0 saturated carbocycles. The Kier molecular flexibility index (Phi) is 5.57. The molecule has 2 aromatic carbocycles. The van der Waals surface area contributed by atoms with E-state index in [0.29, 0.717) is 23.1 Å². The summed E-state index contributed by atoms with van der Waals surface area (Å²) in [5.74, 6) is -0.324. The van der Waals surface area contributed by atoms with Crippen LogP contribution in [0.4, 0.5) is 17.3 Å². The summed E-state index contributed by atoms with van der Waals surface area (Å²) in [6.07, 6.45) is 2.01. The number of aromatic nitrogens is 2. The molecule has 4 rings (SSSR count). The fourth-order valence-corrected chi connectivity index (χ4v) is 3.83. The van der Waals surface area contributed by atoms with Crippen molar-refractivity contribution in [3.05, 3.63) is 86.1 Å². The Bertz CT molecular complexity index is 1120. The molecule has 0 fully saturated rings. The summed E-state index contributed by atoms with van der Waals surface area (Å²) in [5, 5.41) is 11.8. The van der Waals surface area contributed by atoms with Crippen molar-refractivity contribution in [3.8, 4) is 0 Å². The van der Waals surface area contributed by atoms with Crippen LogP contribution in [-0.2, 0) is 13.0 Å². The van der Waals surface area contributed by atoms with Crippen LogP contribution in [0.25, 0.3) is 0 Å². The fraction of sp³-hybridized carbons (Fsp3) is 0.150. The van der Waals surface area contributed by atoms with Crippen LogP contribution in [-0.4, -0.2) is 27.3 Å². The van der Waals surface area contributed by atoms with Crippen molar-refractivity contribution in [2.75, 3.05) is 16.9 Å². The second-order valence-electron chi connectivity index (χ2n) is 6.65. The van der Waals surface area contributed by atoms with E-state index in [2.05, 4.69) is 42.8 Å². The Morgan fingerprint density at radius 2 is 1.83 bits per heavy atom. The Hall–Kier alpha value is -3.53. The monoisotopic (exact) mass is 468 g/mol. The standard InChI is InChI=1S/C20H17BrN6O3/c21-16-8-4-3-7-15(16)20(28)25-24-18-17(27(29)30)19(23-12-22-18)26-10-9-13-5-1-2-6-14(13)11-26/h1-8,12H,9-11H2,(H,25,28)(H,22,23,24). The number of carbonyl (C=O) groups is 1. The van der Waals surface area contributed by atoms with Gasteiger partial charge in [-0.15, -0.1) is 0 Å². The molecule has 1 aromatic heterocycles. The van der Waals surface area contributed by atoms with E-state index in [1.165, 1.54) is 11.9 Å². The highest BCUT2D eigenvalue weighted by Crippen LogP contribution is 2.34. The van der Waals surface area contributed by atoms with Gasteiger partial charge >= 0.3 is 5.69 Å². The van der Waals surface area contributed by atoms with Crippen molar-refractivity contribution in [2.24, 2.45) is 0 Å². The maximum absolute atomic E-state index is 12.4. The molecule has 9 nitrogen and oxygen atoms in total. The quantitative estimate of drug-likeness (QED) is 0.435. The molecule has 0 atom stereocenters. The van der Waals surface area contributed by atoms with Gasteiger partial charge in [-0.05, 0) is 45.6 Å². The molecule has 1 aliphatic rings. The molecule has 1 amide bonds. The summed E-state index contributed by atoms with van der Waals surface area (Å²) in [5.41, 5.74) is 7.47. The SMILES string of the molecule is O=C(NNc1ncnc(N2CCc3ccccc3C2)c1[N+](=O)[O-])c1ccccc1Br. The van der Waals surface area contributed by atoms with Gasteiger partial charge < -0.3 is 4.90 Å². The van der Waals surface area contributed by atoms with Gasteiger partial charge in [0.2, 0.25) is 11.6 Å². The number of halogens is 1. The summed E-state index contributed by atoms with van der Waals surface area (Å²) in [4.78, 5) is 33.7. The lowest BCUT2D eigenvalue weighted by molar-refractivity contribution is -0.383. The number of benzene rings is 2. The van der Waals surface area contributed by atoms with Crippen LogP contribution in [0.1, 0.15) is 21.5 Å². The van der Waals surface area contributed by atoms with E-state index in [0.717, 1.165) is 12.0 Å². The third-order valence-electron chi connectivity index (χ3n) is 4.83. The Morgan fingerprint density at radius 3 is 2.60 bits per heavy atom. The minimum atomic E-state index is -0.539. The highest BCUT2D eigenvalue weighted by Gasteiger charge is 2.29. The predicted molar refractivity (Wildman–Crippen MR) is 115 cm³/mol. The fourth-order valence-electron chi connectivity index (χ4n) is 3.37. The van der Waals surface area contributed by atoms with Crippen molar-refractivity contribution in [1.82, 2.24) is 15.4 Å². The lowest BCUT2D eigenvalue weighted by Crippen LogP contribution is -2.33. The number of hydrazine groups is 1. The third-order valence-corrected chi connectivity index (χ3v) is 5.52. The first-order valence-electron chi connectivity index (χ1n) is 9.16. The van der Waals surface area contributed by atoms with Gasteiger partial charge in [0, 0.05) is 17.6 Å². The molecule has 30 heavy (non-hydrogen) atoms. The van der Waals surface area contributed by atoms with Gasteiger partial charge in [0.25, 0.3) is 5.91 Å². The minimum absolute atomic E-state index is 0.0794. The number of anilines is 2. The van der Waals surface area contributed by atoms with Gasteiger partial charge in [0.05, 0.1) is 10.5 Å².